The number of nitrogens with zero attached hydrogens (tertiary/aromatic N) is 2. The fourth-order valence-corrected chi connectivity index (χ4v) is 3.01. The van der Waals surface area contributed by atoms with Crippen LogP contribution in [0.3, 0.4) is 0 Å². The van der Waals surface area contributed by atoms with Crippen molar-refractivity contribution in [3.8, 4) is 28.6 Å². The van der Waals surface area contributed by atoms with Gasteiger partial charge in [0.05, 0.1) is 26.0 Å². The summed E-state index contributed by atoms with van der Waals surface area (Å²) < 4.78 is 21.1. The predicted octanol–water partition coefficient (Wildman–Crippen LogP) is 3.35. The Morgan fingerprint density at radius 3 is 2.65 bits per heavy atom. The van der Waals surface area contributed by atoms with Gasteiger partial charge in [-0.1, -0.05) is 6.07 Å². The molecular formula is C23H21N5O6. The lowest BCUT2D eigenvalue weighted by Crippen LogP contribution is -2.21. The molecule has 0 radical (unpaired) electrons. The van der Waals surface area contributed by atoms with Gasteiger partial charge in [0.15, 0.2) is 18.2 Å². The number of aromatic nitrogens is 3. The maximum absolute atomic E-state index is 12.3. The molecule has 3 N–H and O–H groups in total. The Bertz CT molecular complexity index is 1280. The molecule has 0 aliphatic carbocycles. The Balaban J connectivity index is 1.34. The quantitative estimate of drug-likeness (QED) is 0.343. The number of H-pyrrole nitrogens is 1. The number of anilines is 2. The molecule has 0 fully saturated rings. The van der Waals surface area contributed by atoms with Gasteiger partial charge in [-0.3, -0.25) is 20.0 Å². The molecule has 4 aromatic rings. The Hall–Kier alpha value is -4.80. The molecule has 174 valence electrons. The maximum Gasteiger partial charge on any atom is 0.291 e. The van der Waals surface area contributed by atoms with Gasteiger partial charge in [0, 0.05) is 17.8 Å². The second kappa shape index (κ2) is 10.2. The van der Waals surface area contributed by atoms with Crippen molar-refractivity contribution in [2.24, 2.45) is 0 Å². The lowest BCUT2D eigenvalue weighted by Gasteiger charge is -2.08. The third-order valence-electron chi connectivity index (χ3n) is 4.61. The largest absolute Gasteiger partial charge is 0.497 e. The normalized spacial score (nSPS) is 10.4. The summed E-state index contributed by atoms with van der Waals surface area (Å²) in [5.74, 6) is 1.39. The molecule has 2 aromatic heterocycles. The zero-order valence-corrected chi connectivity index (χ0v) is 18.3. The number of hydrogen-bond acceptors (Lipinski definition) is 8. The molecule has 0 aliphatic heterocycles. The van der Waals surface area contributed by atoms with Crippen LogP contribution in [0.25, 0.3) is 11.4 Å². The van der Waals surface area contributed by atoms with Gasteiger partial charge in [-0.15, -0.1) is 5.10 Å². The first-order chi connectivity index (χ1) is 16.6. The second-order valence-electron chi connectivity index (χ2n) is 6.87. The number of amides is 2. The van der Waals surface area contributed by atoms with Crippen molar-refractivity contribution in [1.82, 2.24) is 15.2 Å². The third-order valence-corrected chi connectivity index (χ3v) is 4.61. The highest BCUT2D eigenvalue weighted by atomic mass is 16.5. The molecule has 2 heterocycles. The average Bonchev–Trinajstić information content (AvgIpc) is 3.55. The molecule has 2 aromatic carbocycles. The van der Waals surface area contributed by atoms with Crippen molar-refractivity contribution in [2.45, 2.75) is 0 Å². The van der Waals surface area contributed by atoms with Gasteiger partial charge in [-0.25, -0.2) is 0 Å². The van der Waals surface area contributed by atoms with E-state index >= 15 is 0 Å². The highest BCUT2D eigenvalue weighted by Crippen LogP contribution is 2.31. The number of ether oxygens (including phenoxy) is 3. The van der Waals surface area contributed by atoms with E-state index < -0.39 is 11.8 Å². The van der Waals surface area contributed by atoms with E-state index in [1.807, 2.05) is 0 Å². The van der Waals surface area contributed by atoms with Gasteiger partial charge in [0.1, 0.15) is 17.2 Å². The van der Waals surface area contributed by atoms with Crippen LogP contribution in [0.4, 0.5) is 11.6 Å². The van der Waals surface area contributed by atoms with E-state index in [1.54, 1.807) is 61.7 Å². The van der Waals surface area contributed by atoms with Gasteiger partial charge in [-0.05, 0) is 36.4 Å². The van der Waals surface area contributed by atoms with Crippen molar-refractivity contribution in [3.63, 3.8) is 0 Å². The summed E-state index contributed by atoms with van der Waals surface area (Å²) in [6, 6.07) is 15.1. The van der Waals surface area contributed by atoms with Crippen LogP contribution in [0.15, 0.2) is 65.3 Å². The fraction of sp³-hybridized carbons (Fsp3) is 0.130. The number of carbonyl (C=O) groups excluding carboxylic acids is 2. The monoisotopic (exact) mass is 463 g/mol. The van der Waals surface area contributed by atoms with Crippen LogP contribution >= 0.6 is 0 Å². The molecule has 0 unspecified atom stereocenters. The molecule has 0 atom stereocenters. The standard InChI is InChI=1S/C23H21N5O6/c1-31-15-8-9-17(19(12-15)32-2)21-26-23(28-27-21)25-20(29)13-34-16-6-3-5-14(11-16)24-22(30)18-7-4-10-33-18/h3-12H,13H2,1-2H3,(H,24,30)(H2,25,26,27,28,29). The number of benzene rings is 2. The first-order valence-corrected chi connectivity index (χ1v) is 10.1. The van der Waals surface area contributed by atoms with Crippen LogP contribution < -0.4 is 24.8 Å². The molecule has 0 bridgehead atoms. The molecule has 34 heavy (non-hydrogen) atoms. The summed E-state index contributed by atoms with van der Waals surface area (Å²) in [6.07, 6.45) is 1.41. The van der Waals surface area contributed by atoms with Gasteiger partial charge >= 0.3 is 0 Å². The fourth-order valence-electron chi connectivity index (χ4n) is 3.01. The average molecular weight is 463 g/mol. The number of hydrogen-bond donors (Lipinski definition) is 3. The number of furan rings is 1. The number of methoxy groups -OCH3 is 2. The van der Waals surface area contributed by atoms with Crippen LogP contribution in [0, 0.1) is 0 Å². The van der Waals surface area contributed by atoms with Crippen LogP contribution in [-0.2, 0) is 4.79 Å². The highest BCUT2D eigenvalue weighted by molar-refractivity contribution is 6.02. The minimum atomic E-state index is -0.461. The minimum Gasteiger partial charge on any atom is -0.497 e. The Morgan fingerprint density at radius 1 is 1.00 bits per heavy atom. The molecular weight excluding hydrogens is 442 g/mol. The summed E-state index contributed by atoms with van der Waals surface area (Å²) in [6.45, 7) is -0.286. The van der Waals surface area contributed by atoms with Crippen molar-refractivity contribution < 1.29 is 28.2 Å². The van der Waals surface area contributed by atoms with E-state index in [2.05, 4.69) is 25.8 Å². The van der Waals surface area contributed by atoms with E-state index in [9.17, 15) is 9.59 Å². The van der Waals surface area contributed by atoms with Crippen LogP contribution in [0.2, 0.25) is 0 Å². The zero-order valence-electron chi connectivity index (χ0n) is 18.3. The van der Waals surface area contributed by atoms with E-state index in [1.165, 1.54) is 13.4 Å². The third kappa shape index (κ3) is 5.33. The van der Waals surface area contributed by atoms with E-state index in [-0.39, 0.29) is 18.3 Å². The summed E-state index contributed by atoms with van der Waals surface area (Å²) in [5.41, 5.74) is 1.15. The van der Waals surface area contributed by atoms with Crippen LogP contribution in [0.1, 0.15) is 10.6 Å². The Kier molecular flexibility index (Phi) is 6.73. The first kappa shape index (κ1) is 22.4. The molecule has 0 saturated carbocycles. The van der Waals surface area contributed by atoms with Crippen LogP contribution in [-0.4, -0.2) is 47.8 Å². The van der Waals surface area contributed by atoms with E-state index in [0.29, 0.717) is 34.3 Å². The molecule has 2 amide bonds. The van der Waals surface area contributed by atoms with Crippen molar-refractivity contribution in [2.75, 3.05) is 31.5 Å². The molecule has 0 spiro atoms. The molecule has 11 nitrogen and oxygen atoms in total. The summed E-state index contributed by atoms with van der Waals surface area (Å²) in [4.78, 5) is 28.7. The SMILES string of the molecule is COc1ccc(-c2nc(NC(=O)COc3cccc(NC(=O)c4ccco4)c3)n[nH]2)c(OC)c1. The van der Waals surface area contributed by atoms with Gasteiger partial charge in [-0.2, -0.15) is 4.98 Å². The summed E-state index contributed by atoms with van der Waals surface area (Å²) in [5, 5.41) is 12.0. The molecule has 0 aliphatic rings. The Morgan fingerprint density at radius 2 is 1.88 bits per heavy atom. The van der Waals surface area contributed by atoms with Crippen molar-refractivity contribution in [3.05, 3.63) is 66.6 Å². The Labute approximate surface area is 194 Å². The van der Waals surface area contributed by atoms with E-state index in [0.717, 1.165) is 0 Å². The lowest BCUT2D eigenvalue weighted by molar-refractivity contribution is -0.118. The van der Waals surface area contributed by atoms with Gasteiger partial charge in [0.2, 0.25) is 5.95 Å². The topological polar surface area (TPSA) is 141 Å². The summed E-state index contributed by atoms with van der Waals surface area (Å²) >= 11 is 0. The summed E-state index contributed by atoms with van der Waals surface area (Å²) in [7, 11) is 3.10. The van der Waals surface area contributed by atoms with E-state index in [4.69, 9.17) is 18.6 Å². The second-order valence-corrected chi connectivity index (χ2v) is 6.87. The predicted molar refractivity (Wildman–Crippen MR) is 122 cm³/mol. The number of rotatable bonds is 9. The van der Waals surface area contributed by atoms with Crippen LogP contribution in [0.5, 0.6) is 17.2 Å². The number of aromatic amines is 1. The zero-order chi connectivity index (χ0) is 23.9. The molecule has 11 heteroatoms. The molecule has 4 rings (SSSR count). The number of nitrogens with one attached hydrogen (secondary N) is 3. The molecule has 0 saturated heterocycles. The smallest absolute Gasteiger partial charge is 0.291 e. The maximum atomic E-state index is 12.3. The minimum absolute atomic E-state index is 0.0842. The number of carbonyl (C=O) groups is 2. The van der Waals surface area contributed by atoms with Gasteiger partial charge < -0.3 is 23.9 Å². The van der Waals surface area contributed by atoms with Crippen molar-refractivity contribution >= 4 is 23.5 Å². The van der Waals surface area contributed by atoms with Gasteiger partial charge in [0.25, 0.3) is 11.8 Å². The van der Waals surface area contributed by atoms with Crippen molar-refractivity contribution in [1.29, 1.82) is 0 Å². The first-order valence-electron chi connectivity index (χ1n) is 10.1. The lowest BCUT2D eigenvalue weighted by atomic mass is 10.2. The highest BCUT2D eigenvalue weighted by Gasteiger charge is 2.14.